The molecule has 0 radical (unpaired) electrons. The Labute approximate surface area is 225 Å². The van der Waals surface area contributed by atoms with Crippen molar-refractivity contribution in [1.29, 1.82) is 0 Å². The van der Waals surface area contributed by atoms with Crippen LogP contribution in [0.3, 0.4) is 0 Å². The molecule has 0 saturated heterocycles. The lowest BCUT2D eigenvalue weighted by molar-refractivity contribution is -0.147. The molecule has 1 aliphatic heterocycles. The predicted molar refractivity (Wildman–Crippen MR) is 141 cm³/mol. The van der Waals surface area contributed by atoms with Crippen molar-refractivity contribution in [1.82, 2.24) is 0 Å². The van der Waals surface area contributed by atoms with Crippen molar-refractivity contribution in [3.63, 3.8) is 0 Å². The fraction of sp³-hybridized carbons (Fsp3) is 0.379. The van der Waals surface area contributed by atoms with Gasteiger partial charge in [-0.25, -0.2) is 4.79 Å². The van der Waals surface area contributed by atoms with Gasteiger partial charge in [-0.1, -0.05) is 18.2 Å². The van der Waals surface area contributed by atoms with Crippen molar-refractivity contribution in [2.75, 3.05) is 32.2 Å². The molecule has 0 saturated carbocycles. The van der Waals surface area contributed by atoms with E-state index in [2.05, 4.69) is 4.99 Å². The van der Waals surface area contributed by atoms with Crippen LogP contribution < -0.4 is 4.90 Å². The second kappa shape index (κ2) is 12.3. The standard InChI is InChI=1S/C29H31F3N2O5/c1-6-38-27(36)24-17(3)33-22(16-23(35)18-12-14-19(15-13-18)34(4)5)26(28(37)39-7-2)25(24)20-10-8-9-11-21(20)29(30,31)32/h8-15,24-25H,6-7,16H2,1-5H3/t24?,25-/m0/s1. The number of carbonyl (C=O) groups excluding carboxylic acids is 3. The van der Waals surface area contributed by atoms with Crippen LogP contribution >= 0.6 is 0 Å². The van der Waals surface area contributed by atoms with Crippen LogP contribution in [0.2, 0.25) is 0 Å². The Balaban J connectivity index is 2.23. The van der Waals surface area contributed by atoms with Crippen LogP contribution in [-0.4, -0.2) is 50.7 Å². The molecule has 1 heterocycles. The third-order valence-electron chi connectivity index (χ3n) is 6.39. The van der Waals surface area contributed by atoms with E-state index in [4.69, 9.17) is 9.47 Å². The molecule has 0 aromatic heterocycles. The van der Waals surface area contributed by atoms with E-state index in [0.29, 0.717) is 5.56 Å². The third kappa shape index (κ3) is 6.55. The van der Waals surface area contributed by atoms with Gasteiger partial charge in [0, 0.05) is 37.0 Å². The summed E-state index contributed by atoms with van der Waals surface area (Å²) in [6.45, 7) is 4.50. The summed E-state index contributed by atoms with van der Waals surface area (Å²) in [5.74, 6) is -4.93. The molecule has 0 fully saturated rings. The lowest BCUT2D eigenvalue weighted by Crippen LogP contribution is -2.38. The highest BCUT2D eigenvalue weighted by molar-refractivity contribution is 6.08. The summed E-state index contributed by atoms with van der Waals surface area (Å²) in [5, 5.41) is 0. The first-order valence-electron chi connectivity index (χ1n) is 12.5. The summed E-state index contributed by atoms with van der Waals surface area (Å²) in [4.78, 5) is 46.0. The Morgan fingerprint density at radius 2 is 1.56 bits per heavy atom. The lowest BCUT2D eigenvalue weighted by atomic mass is 9.73. The van der Waals surface area contributed by atoms with Crippen molar-refractivity contribution >= 4 is 29.1 Å². The van der Waals surface area contributed by atoms with Gasteiger partial charge in [-0.3, -0.25) is 14.6 Å². The van der Waals surface area contributed by atoms with Gasteiger partial charge in [-0.05, 0) is 56.7 Å². The molecule has 0 amide bonds. The summed E-state index contributed by atoms with van der Waals surface area (Å²) in [7, 11) is 3.71. The van der Waals surface area contributed by atoms with Crippen molar-refractivity contribution in [2.45, 2.75) is 39.3 Å². The largest absolute Gasteiger partial charge is 0.465 e. The number of allylic oxidation sites excluding steroid dienone is 1. The fourth-order valence-electron chi connectivity index (χ4n) is 4.62. The SMILES string of the molecule is CCOC(=O)C1=C(CC(=O)c2ccc(N(C)C)cc2)N=C(C)C(C(=O)OCC)[C@@H]1c1ccccc1C(F)(F)F. The molecule has 2 atom stereocenters. The molecule has 2 aromatic rings. The normalized spacial score (nSPS) is 17.4. The molecule has 10 heteroatoms. The van der Waals surface area contributed by atoms with Crippen molar-refractivity contribution in [2.24, 2.45) is 10.9 Å². The molecule has 208 valence electrons. The zero-order chi connectivity index (χ0) is 28.9. The Hall–Kier alpha value is -3.95. The number of anilines is 1. The minimum atomic E-state index is -4.78. The van der Waals surface area contributed by atoms with Crippen LogP contribution in [0.5, 0.6) is 0 Å². The van der Waals surface area contributed by atoms with Gasteiger partial charge >= 0.3 is 18.1 Å². The summed E-state index contributed by atoms with van der Waals surface area (Å²) in [5.41, 5.74) is -0.291. The van der Waals surface area contributed by atoms with Crippen molar-refractivity contribution in [3.05, 3.63) is 76.5 Å². The van der Waals surface area contributed by atoms with E-state index in [0.717, 1.165) is 11.8 Å². The van der Waals surface area contributed by atoms with E-state index in [9.17, 15) is 27.6 Å². The smallest absolute Gasteiger partial charge is 0.416 e. The second-order valence-corrected chi connectivity index (χ2v) is 9.17. The molecule has 0 aliphatic carbocycles. The second-order valence-electron chi connectivity index (χ2n) is 9.17. The number of Topliss-reactive ketones (excluding diaryl/α,β-unsaturated/α-hetero) is 1. The Kier molecular flexibility index (Phi) is 9.32. The Morgan fingerprint density at radius 3 is 2.13 bits per heavy atom. The van der Waals surface area contributed by atoms with Gasteiger partial charge in [-0.15, -0.1) is 0 Å². The number of ketones is 1. The van der Waals surface area contributed by atoms with Crippen LogP contribution in [0.15, 0.2) is 64.8 Å². The molecule has 3 rings (SSSR count). The molecular weight excluding hydrogens is 513 g/mol. The van der Waals surface area contributed by atoms with Crippen LogP contribution in [0, 0.1) is 5.92 Å². The molecule has 39 heavy (non-hydrogen) atoms. The number of ether oxygens (including phenoxy) is 2. The van der Waals surface area contributed by atoms with Gasteiger partial charge in [0.25, 0.3) is 0 Å². The van der Waals surface area contributed by atoms with E-state index in [1.54, 1.807) is 38.1 Å². The number of hydrogen-bond donors (Lipinski definition) is 0. The third-order valence-corrected chi connectivity index (χ3v) is 6.39. The quantitative estimate of drug-likeness (QED) is 0.302. The van der Waals surface area contributed by atoms with E-state index >= 15 is 0 Å². The van der Waals surface area contributed by atoms with Crippen LogP contribution in [0.1, 0.15) is 54.6 Å². The van der Waals surface area contributed by atoms with Gasteiger partial charge in [0.1, 0.15) is 5.92 Å². The first-order chi connectivity index (χ1) is 18.4. The first kappa shape index (κ1) is 29.6. The van der Waals surface area contributed by atoms with E-state index in [-0.39, 0.29) is 42.2 Å². The van der Waals surface area contributed by atoms with Gasteiger partial charge in [0.2, 0.25) is 0 Å². The highest BCUT2D eigenvalue weighted by atomic mass is 19.4. The van der Waals surface area contributed by atoms with Crippen LogP contribution in [0.4, 0.5) is 18.9 Å². The average Bonchev–Trinajstić information content (AvgIpc) is 2.88. The number of benzene rings is 2. The van der Waals surface area contributed by atoms with E-state index < -0.39 is 41.3 Å². The topological polar surface area (TPSA) is 85.3 Å². The van der Waals surface area contributed by atoms with Crippen LogP contribution in [-0.2, 0) is 25.2 Å². The van der Waals surface area contributed by atoms with Gasteiger partial charge in [0.05, 0.1) is 36.5 Å². The van der Waals surface area contributed by atoms with Gasteiger partial charge in [0.15, 0.2) is 5.78 Å². The number of nitrogens with zero attached hydrogens (tertiary/aromatic N) is 2. The average molecular weight is 545 g/mol. The molecule has 0 N–H and O–H groups in total. The number of alkyl halides is 3. The van der Waals surface area contributed by atoms with E-state index in [1.165, 1.54) is 25.1 Å². The Morgan fingerprint density at radius 1 is 0.949 bits per heavy atom. The zero-order valence-electron chi connectivity index (χ0n) is 22.5. The highest BCUT2D eigenvalue weighted by Crippen LogP contribution is 2.45. The fourth-order valence-corrected chi connectivity index (χ4v) is 4.62. The molecular formula is C29H31F3N2O5. The zero-order valence-corrected chi connectivity index (χ0v) is 22.5. The van der Waals surface area contributed by atoms with Gasteiger partial charge in [-0.2, -0.15) is 13.2 Å². The van der Waals surface area contributed by atoms with Crippen LogP contribution in [0.25, 0.3) is 0 Å². The maximum Gasteiger partial charge on any atom is 0.416 e. The maximum atomic E-state index is 14.1. The molecule has 0 spiro atoms. The first-order valence-corrected chi connectivity index (χ1v) is 12.5. The van der Waals surface area contributed by atoms with Gasteiger partial charge < -0.3 is 14.4 Å². The predicted octanol–water partition coefficient (Wildman–Crippen LogP) is 5.60. The summed E-state index contributed by atoms with van der Waals surface area (Å²) < 4.78 is 52.8. The monoisotopic (exact) mass is 544 g/mol. The number of aliphatic imine (C=N–C) groups is 1. The summed E-state index contributed by atoms with van der Waals surface area (Å²) in [6.07, 6.45) is -5.16. The number of carbonyl (C=O) groups is 3. The number of halogens is 3. The minimum absolute atomic E-state index is 0.0248. The highest BCUT2D eigenvalue weighted by Gasteiger charge is 2.46. The summed E-state index contributed by atoms with van der Waals surface area (Å²) >= 11 is 0. The lowest BCUT2D eigenvalue weighted by Gasteiger charge is -2.33. The van der Waals surface area contributed by atoms with Crippen molar-refractivity contribution in [3.8, 4) is 0 Å². The molecule has 7 nitrogen and oxygen atoms in total. The summed E-state index contributed by atoms with van der Waals surface area (Å²) in [6, 6.07) is 11.5. The number of hydrogen-bond acceptors (Lipinski definition) is 7. The molecule has 0 bridgehead atoms. The Bertz CT molecular complexity index is 1300. The van der Waals surface area contributed by atoms with Crippen molar-refractivity contribution < 1.29 is 37.0 Å². The maximum absolute atomic E-state index is 14.1. The molecule has 2 aromatic carbocycles. The molecule has 1 unspecified atom stereocenters. The van der Waals surface area contributed by atoms with E-state index in [1.807, 2.05) is 19.0 Å². The molecule has 1 aliphatic rings. The number of rotatable bonds is 9. The number of esters is 2. The minimum Gasteiger partial charge on any atom is -0.465 e.